The first-order valence-electron chi connectivity index (χ1n) is 6.69. The number of aromatic nitrogens is 2. The third kappa shape index (κ3) is 1.95. The number of fused-ring (bicyclic) bond motifs is 2. The molecule has 0 aliphatic heterocycles. The summed E-state index contributed by atoms with van der Waals surface area (Å²) in [6.45, 7) is 1.83. The molecule has 2 aliphatic carbocycles. The molecule has 6 heteroatoms. The Balaban J connectivity index is 2.01. The van der Waals surface area contributed by atoms with Gasteiger partial charge in [0.1, 0.15) is 0 Å². The van der Waals surface area contributed by atoms with E-state index >= 15 is 0 Å². The van der Waals surface area contributed by atoms with Crippen molar-refractivity contribution in [1.82, 2.24) is 9.55 Å². The Morgan fingerprint density at radius 3 is 2.68 bits per heavy atom. The highest BCUT2D eigenvalue weighted by Gasteiger charge is 2.43. The minimum atomic E-state index is -1.07. The molecule has 1 aromatic rings. The third-order valence-electron chi connectivity index (χ3n) is 4.85. The van der Waals surface area contributed by atoms with Crippen LogP contribution in [0.25, 0.3) is 0 Å². The third-order valence-corrected chi connectivity index (χ3v) is 5.11. The Bertz CT molecular complexity index is 624. The van der Waals surface area contributed by atoms with Gasteiger partial charge >= 0.3 is 5.69 Å². The van der Waals surface area contributed by atoms with Crippen molar-refractivity contribution in [1.29, 1.82) is 0 Å². The number of hydrogen-bond acceptors (Lipinski definition) is 2. The zero-order valence-electron chi connectivity index (χ0n) is 10.7. The smallest absolute Gasteiger partial charge is 0.295 e. The van der Waals surface area contributed by atoms with E-state index in [4.69, 9.17) is 11.6 Å². The second-order valence-electron chi connectivity index (χ2n) is 5.81. The average molecular weight is 287 g/mol. The molecule has 0 radical (unpaired) electrons. The second kappa shape index (κ2) is 4.47. The predicted octanol–water partition coefficient (Wildman–Crippen LogP) is 2.33. The van der Waals surface area contributed by atoms with Crippen molar-refractivity contribution in [3.8, 4) is 0 Å². The van der Waals surface area contributed by atoms with Crippen molar-refractivity contribution in [2.75, 3.05) is 0 Å². The van der Waals surface area contributed by atoms with Crippen LogP contribution in [0.1, 0.15) is 38.6 Å². The molecule has 1 N–H and O–H groups in total. The molecular formula is C13H16ClFN2O2. The topological polar surface area (TPSA) is 54.9 Å². The van der Waals surface area contributed by atoms with E-state index in [1.165, 1.54) is 12.8 Å². The molecule has 3 rings (SSSR count). The van der Waals surface area contributed by atoms with Crippen LogP contribution >= 0.6 is 11.6 Å². The number of nitrogens with zero attached hydrogens (tertiary/aromatic N) is 1. The van der Waals surface area contributed by atoms with E-state index in [-0.39, 0.29) is 12.0 Å². The van der Waals surface area contributed by atoms with Gasteiger partial charge in [-0.15, -0.1) is 0 Å². The van der Waals surface area contributed by atoms with Gasteiger partial charge in [-0.1, -0.05) is 18.0 Å². The predicted molar refractivity (Wildman–Crippen MR) is 69.9 cm³/mol. The van der Waals surface area contributed by atoms with Crippen LogP contribution in [0.3, 0.4) is 0 Å². The van der Waals surface area contributed by atoms with Crippen LogP contribution in [0.2, 0.25) is 5.15 Å². The number of hydrogen-bond donors (Lipinski definition) is 1. The minimum absolute atomic E-state index is 0.279. The van der Waals surface area contributed by atoms with Gasteiger partial charge in [0.05, 0.1) is 0 Å². The summed E-state index contributed by atoms with van der Waals surface area (Å²) in [5.74, 6) is 0.490. The van der Waals surface area contributed by atoms with Crippen molar-refractivity contribution in [3.05, 3.63) is 31.8 Å². The molecule has 19 heavy (non-hydrogen) atoms. The number of nitrogens with one attached hydrogen (secondary N) is 1. The summed E-state index contributed by atoms with van der Waals surface area (Å²) in [5, 5.41) is -0.508. The van der Waals surface area contributed by atoms with Gasteiger partial charge in [-0.3, -0.25) is 14.3 Å². The monoisotopic (exact) mass is 286 g/mol. The fraction of sp³-hybridized carbons (Fsp3) is 0.692. The lowest BCUT2D eigenvalue weighted by Crippen LogP contribution is -2.42. The van der Waals surface area contributed by atoms with Gasteiger partial charge in [0, 0.05) is 6.04 Å². The van der Waals surface area contributed by atoms with E-state index < -0.39 is 22.2 Å². The SMILES string of the molecule is CC(C1CC2CCC1C2)n1c(=O)[nH]c(Cl)c(F)c1=O. The molecule has 4 nitrogen and oxygen atoms in total. The van der Waals surface area contributed by atoms with Crippen LogP contribution in [0.4, 0.5) is 4.39 Å². The Labute approximate surface area is 114 Å². The number of H-pyrrole nitrogens is 1. The normalized spacial score (nSPS) is 30.8. The van der Waals surface area contributed by atoms with Crippen LogP contribution in [-0.4, -0.2) is 9.55 Å². The van der Waals surface area contributed by atoms with Gasteiger partial charge in [0.2, 0.25) is 5.82 Å². The van der Waals surface area contributed by atoms with Gasteiger partial charge in [0.15, 0.2) is 5.15 Å². The quantitative estimate of drug-likeness (QED) is 0.848. The molecular weight excluding hydrogens is 271 g/mol. The van der Waals surface area contributed by atoms with E-state index in [2.05, 4.69) is 4.98 Å². The molecule has 0 amide bonds. The van der Waals surface area contributed by atoms with E-state index in [1.54, 1.807) is 0 Å². The van der Waals surface area contributed by atoms with Crippen molar-refractivity contribution in [2.45, 2.75) is 38.6 Å². The molecule has 104 valence electrons. The molecule has 4 unspecified atom stereocenters. The highest BCUT2D eigenvalue weighted by molar-refractivity contribution is 6.29. The molecule has 1 heterocycles. The maximum Gasteiger partial charge on any atom is 0.329 e. The van der Waals surface area contributed by atoms with Crippen molar-refractivity contribution >= 4 is 11.6 Å². The van der Waals surface area contributed by atoms with Gasteiger partial charge in [-0.25, -0.2) is 4.79 Å². The fourth-order valence-corrected chi connectivity index (χ4v) is 4.11. The molecule has 2 bridgehead atoms. The van der Waals surface area contributed by atoms with Crippen LogP contribution in [-0.2, 0) is 0 Å². The first-order valence-corrected chi connectivity index (χ1v) is 7.06. The number of rotatable bonds is 2. The minimum Gasteiger partial charge on any atom is -0.295 e. The zero-order valence-corrected chi connectivity index (χ0v) is 11.4. The Morgan fingerprint density at radius 2 is 2.11 bits per heavy atom. The molecule has 2 aliphatic rings. The van der Waals surface area contributed by atoms with Gasteiger partial charge < -0.3 is 0 Å². The number of aromatic amines is 1. The van der Waals surface area contributed by atoms with Crippen molar-refractivity contribution < 1.29 is 4.39 Å². The fourth-order valence-electron chi connectivity index (χ4n) is 3.95. The number of halogens is 2. The maximum absolute atomic E-state index is 13.6. The molecule has 1 aromatic heterocycles. The largest absolute Gasteiger partial charge is 0.329 e. The lowest BCUT2D eigenvalue weighted by molar-refractivity contribution is 0.232. The van der Waals surface area contributed by atoms with Crippen LogP contribution in [0, 0.1) is 23.6 Å². The summed E-state index contributed by atoms with van der Waals surface area (Å²) < 4.78 is 14.6. The summed E-state index contributed by atoms with van der Waals surface area (Å²) in [5.41, 5.74) is -1.53. The summed E-state index contributed by atoms with van der Waals surface area (Å²) in [6.07, 6.45) is 4.61. The van der Waals surface area contributed by atoms with E-state index in [1.807, 2.05) is 6.92 Å². The summed E-state index contributed by atoms with van der Waals surface area (Å²) in [7, 11) is 0. The lowest BCUT2D eigenvalue weighted by atomic mass is 9.84. The van der Waals surface area contributed by atoms with Crippen molar-refractivity contribution in [2.24, 2.45) is 17.8 Å². The van der Waals surface area contributed by atoms with Crippen LogP contribution in [0.15, 0.2) is 9.59 Å². The van der Waals surface area contributed by atoms with Crippen molar-refractivity contribution in [3.63, 3.8) is 0 Å². The lowest BCUT2D eigenvalue weighted by Gasteiger charge is -2.28. The highest BCUT2D eigenvalue weighted by Crippen LogP contribution is 2.51. The van der Waals surface area contributed by atoms with Gasteiger partial charge in [-0.2, -0.15) is 4.39 Å². The molecule has 4 atom stereocenters. The summed E-state index contributed by atoms with van der Waals surface area (Å²) in [4.78, 5) is 26.0. The first kappa shape index (κ1) is 12.9. The van der Waals surface area contributed by atoms with Crippen LogP contribution < -0.4 is 11.2 Å². The molecule has 0 spiro atoms. The Kier molecular flexibility index (Phi) is 3.04. The van der Waals surface area contributed by atoms with E-state index in [0.29, 0.717) is 11.8 Å². The molecule has 0 aromatic carbocycles. The highest BCUT2D eigenvalue weighted by atomic mass is 35.5. The average Bonchev–Trinajstić information content (AvgIpc) is 2.98. The molecule has 2 saturated carbocycles. The Hall–Kier alpha value is -1.10. The van der Waals surface area contributed by atoms with Gasteiger partial charge in [-0.05, 0) is 43.9 Å². The van der Waals surface area contributed by atoms with Gasteiger partial charge in [0.25, 0.3) is 5.56 Å². The van der Waals surface area contributed by atoms with Crippen LogP contribution in [0.5, 0.6) is 0 Å². The maximum atomic E-state index is 13.6. The standard InChI is InChI=1S/C13H16ClFN2O2/c1-6(9-5-7-2-3-8(9)4-7)17-12(18)10(15)11(14)16-13(17)19/h6-9H,2-5H2,1H3,(H,16,19). The van der Waals surface area contributed by atoms with E-state index in [0.717, 1.165) is 17.4 Å². The zero-order chi connectivity index (χ0) is 13.7. The van der Waals surface area contributed by atoms with E-state index in [9.17, 15) is 14.0 Å². The molecule has 2 fully saturated rings. The summed E-state index contributed by atoms with van der Waals surface area (Å²) >= 11 is 5.47. The summed E-state index contributed by atoms with van der Waals surface area (Å²) in [6, 6.07) is -0.279. The Morgan fingerprint density at radius 1 is 1.37 bits per heavy atom. The molecule has 0 saturated heterocycles. The second-order valence-corrected chi connectivity index (χ2v) is 6.19. The first-order chi connectivity index (χ1) is 8.99.